The number of hydrogen-bond donors (Lipinski definition) is 2. The molecular weight excluding hydrogens is 322 g/mol. The van der Waals surface area contributed by atoms with E-state index in [9.17, 15) is 18.3 Å². The molecule has 3 rings (SSSR count). The molecule has 0 amide bonds. The fourth-order valence-corrected chi connectivity index (χ4v) is 4.20. The van der Waals surface area contributed by atoms with Gasteiger partial charge in [-0.15, -0.1) is 0 Å². The second kappa shape index (κ2) is 5.39. The summed E-state index contributed by atoms with van der Waals surface area (Å²) in [5.74, 6) is -0.973. The van der Waals surface area contributed by atoms with Crippen molar-refractivity contribution in [3.05, 3.63) is 36.2 Å². The Labute approximate surface area is 132 Å². The second-order valence-corrected chi connectivity index (χ2v) is 7.05. The lowest BCUT2D eigenvalue weighted by molar-refractivity contribution is 0.0680. The molecule has 9 nitrogen and oxygen atoms in total. The van der Waals surface area contributed by atoms with Gasteiger partial charge in [0.1, 0.15) is 10.7 Å². The lowest BCUT2D eigenvalue weighted by atomic mass is 9.77. The van der Waals surface area contributed by atoms with Crippen LogP contribution in [0.1, 0.15) is 35.6 Å². The van der Waals surface area contributed by atoms with Gasteiger partial charge in [0, 0.05) is 19.4 Å². The summed E-state index contributed by atoms with van der Waals surface area (Å²) in [5.41, 5.74) is -1.29. The quantitative estimate of drug-likeness (QED) is 0.801. The van der Waals surface area contributed by atoms with E-state index in [2.05, 4.69) is 19.8 Å². The van der Waals surface area contributed by atoms with Crippen LogP contribution in [0.4, 0.5) is 0 Å². The van der Waals surface area contributed by atoms with Crippen LogP contribution >= 0.6 is 0 Å². The molecule has 23 heavy (non-hydrogen) atoms. The largest absolute Gasteiger partial charge is 0.476 e. The molecule has 1 saturated carbocycles. The van der Waals surface area contributed by atoms with E-state index in [-0.39, 0.29) is 10.6 Å². The maximum atomic E-state index is 12.7. The minimum atomic E-state index is -4.08. The highest BCUT2D eigenvalue weighted by Crippen LogP contribution is 2.40. The van der Waals surface area contributed by atoms with Gasteiger partial charge in [0.2, 0.25) is 10.0 Å². The molecule has 0 unspecified atom stereocenters. The average molecular weight is 337 g/mol. The van der Waals surface area contributed by atoms with Crippen LogP contribution in [0.5, 0.6) is 0 Å². The van der Waals surface area contributed by atoms with Gasteiger partial charge in [0.25, 0.3) is 0 Å². The number of aryl methyl sites for hydroxylation is 1. The topological polar surface area (TPSA) is 127 Å². The van der Waals surface area contributed by atoms with Crippen molar-refractivity contribution in [2.45, 2.75) is 29.7 Å². The van der Waals surface area contributed by atoms with E-state index >= 15 is 0 Å². The van der Waals surface area contributed by atoms with Gasteiger partial charge in [-0.05, 0) is 25.3 Å². The predicted octanol–water partition coefficient (Wildman–Crippen LogP) is 0.266. The summed E-state index contributed by atoms with van der Waals surface area (Å²) in [7, 11) is -2.70. The van der Waals surface area contributed by atoms with Crippen LogP contribution in [0.25, 0.3) is 0 Å². The normalized spacial score (nSPS) is 16.7. The lowest BCUT2D eigenvalue weighted by Crippen LogP contribution is -2.51. The second-order valence-electron chi connectivity index (χ2n) is 5.40. The molecule has 0 spiro atoms. The summed E-state index contributed by atoms with van der Waals surface area (Å²) in [5, 5.41) is 12.9. The fraction of sp³-hybridized carbons (Fsp3) is 0.385. The van der Waals surface area contributed by atoms with Crippen molar-refractivity contribution in [1.82, 2.24) is 24.5 Å². The molecule has 0 aliphatic heterocycles. The van der Waals surface area contributed by atoms with Gasteiger partial charge in [-0.2, -0.15) is 9.82 Å². The number of nitrogens with one attached hydrogen (secondary N) is 1. The average Bonchev–Trinajstić information content (AvgIpc) is 2.87. The zero-order chi connectivity index (χ0) is 16.7. The highest BCUT2D eigenvalue weighted by Gasteiger charge is 2.45. The van der Waals surface area contributed by atoms with Crippen LogP contribution < -0.4 is 4.72 Å². The van der Waals surface area contributed by atoms with Gasteiger partial charge in [-0.25, -0.2) is 23.2 Å². The van der Waals surface area contributed by atoms with E-state index in [1.165, 1.54) is 7.05 Å². The zero-order valence-electron chi connectivity index (χ0n) is 12.3. The number of aromatic carboxylic acids is 1. The summed E-state index contributed by atoms with van der Waals surface area (Å²) in [6, 6.07) is 1.65. The van der Waals surface area contributed by atoms with Crippen molar-refractivity contribution in [2.75, 3.05) is 0 Å². The van der Waals surface area contributed by atoms with Crippen molar-refractivity contribution >= 4 is 16.0 Å². The first-order valence-electron chi connectivity index (χ1n) is 6.92. The highest BCUT2D eigenvalue weighted by atomic mass is 32.2. The van der Waals surface area contributed by atoms with Crippen molar-refractivity contribution in [2.24, 2.45) is 7.05 Å². The molecule has 0 saturated heterocycles. The molecular formula is C13H15N5O4S. The number of carboxylic acids is 1. The number of nitrogens with zero attached hydrogens (tertiary/aromatic N) is 4. The van der Waals surface area contributed by atoms with Crippen LogP contribution in [0, 0.1) is 0 Å². The Morgan fingerprint density at radius 2 is 2.00 bits per heavy atom. The Morgan fingerprint density at radius 3 is 2.52 bits per heavy atom. The van der Waals surface area contributed by atoms with Crippen molar-refractivity contribution in [3.8, 4) is 0 Å². The van der Waals surface area contributed by atoms with E-state index in [4.69, 9.17) is 0 Å². The molecule has 1 aliphatic rings. The minimum absolute atomic E-state index is 0.366. The molecule has 2 aromatic heterocycles. The summed E-state index contributed by atoms with van der Waals surface area (Å²) < 4.78 is 28.9. The van der Waals surface area contributed by atoms with E-state index in [1.54, 1.807) is 18.5 Å². The van der Waals surface area contributed by atoms with Gasteiger partial charge in [-0.3, -0.25) is 4.68 Å². The van der Waals surface area contributed by atoms with Crippen LogP contribution in [-0.4, -0.2) is 39.2 Å². The fourth-order valence-electron chi connectivity index (χ4n) is 2.62. The lowest BCUT2D eigenvalue weighted by Gasteiger charge is -2.40. The number of rotatable bonds is 5. The SMILES string of the molecule is Cn1ncc(S(=O)(=O)NC2(c3ncccn3)CCC2)c1C(=O)O. The van der Waals surface area contributed by atoms with Crippen LogP contribution in [-0.2, 0) is 22.6 Å². The summed E-state index contributed by atoms with van der Waals surface area (Å²) in [6.07, 6.45) is 6.06. The molecule has 0 atom stereocenters. The Hall–Kier alpha value is -2.33. The van der Waals surface area contributed by atoms with Crippen molar-refractivity contribution < 1.29 is 18.3 Å². The third-order valence-electron chi connectivity index (χ3n) is 3.93. The number of hydrogen-bond acceptors (Lipinski definition) is 6. The minimum Gasteiger partial charge on any atom is -0.476 e. The standard InChI is InChI=1S/C13H15N5O4S/c1-18-10(11(19)20)9(8-16-18)23(21,22)17-13(4-2-5-13)12-14-6-3-7-15-12/h3,6-8,17H,2,4-5H2,1H3,(H,19,20). The van der Waals surface area contributed by atoms with Gasteiger partial charge in [-0.1, -0.05) is 0 Å². The number of carbonyl (C=O) groups is 1. The summed E-state index contributed by atoms with van der Waals surface area (Å²) in [6.45, 7) is 0. The Bertz CT molecular complexity index is 843. The third kappa shape index (κ3) is 2.59. The monoisotopic (exact) mass is 337 g/mol. The Morgan fingerprint density at radius 1 is 1.35 bits per heavy atom. The zero-order valence-corrected chi connectivity index (χ0v) is 13.1. The molecule has 2 heterocycles. The molecule has 0 bridgehead atoms. The van der Waals surface area contributed by atoms with Crippen LogP contribution in [0.15, 0.2) is 29.6 Å². The maximum absolute atomic E-state index is 12.7. The van der Waals surface area contributed by atoms with E-state index in [1.807, 2.05) is 0 Å². The van der Waals surface area contributed by atoms with Gasteiger partial charge < -0.3 is 5.11 Å². The molecule has 2 aromatic rings. The Balaban J connectivity index is 2.00. The van der Waals surface area contributed by atoms with Crippen molar-refractivity contribution in [1.29, 1.82) is 0 Å². The smallest absolute Gasteiger partial charge is 0.355 e. The first-order chi connectivity index (χ1) is 10.9. The first kappa shape index (κ1) is 15.6. The summed E-state index contributed by atoms with van der Waals surface area (Å²) >= 11 is 0. The van der Waals surface area contributed by atoms with E-state index < -0.39 is 21.5 Å². The number of carboxylic acid groups (broad SMARTS) is 1. The molecule has 122 valence electrons. The van der Waals surface area contributed by atoms with Crippen LogP contribution in [0.3, 0.4) is 0 Å². The molecule has 2 N–H and O–H groups in total. The molecule has 10 heteroatoms. The molecule has 1 fully saturated rings. The maximum Gasteiger partial charge on any atom is 0.355 e. The molecule has 0 radical (unpaired) electrons. The van der Waals surface area contributed by atoms with E-state index in [0.717, 1.165) is 17.3 Å². The van der Waals surface area contributed by atoms with Crippen LogP contribution in [0.2, 0.25) is 0 Å². The highest BCUT2D eigenvalue weighted by molar-refractivity contribution is 7.89. The number of sulfonamides is 1. The number of aromatic nitrogens is 4. The van der Waals surface area contributed by atoms with E-state index in [0.29, 0.717) is 18.7 Å². The first-order valence-corrected chi connectivity index (χ1v) is 8.41. The molecule has 1 aliphatic carbocycles. The van der Waals surface area contributed by atoms with Gasteiger partial charge in [0.15, 0.2) is 5.69 Å². The van der Waals surface area contributed by atoms with Gasteiger partial charge in [0.05, 0.1) is 11.7 Å². The van der Waals surface area contributed by atoms with Crippen molar-refractivity contribution in [3.63, 3.8) is 0 Å². The third-order valence-corrected chi connectivity index (χ3v) is 5.47. The molecule has 0 aromatic carbocycles. The predicted molar refractivity (Wildman–Crippen MR) is 78.0 cm³/mol. The Kier molecular flexibility index (Phi) is 3.65. The van der Waals surface area contributed by atoms with Gasteiger partial charge >= 0.3 is 5.97 Å². The summed E-state index contributed by atoms with van der Waals surface area (Å²) in [4.78, 5) is 19.2.